The van der Waals surface area contributed by atoms with Crippen molar-refractivity contribution in [2.75, 3.05) is 18.4 Å². The molecule has 7 heteroatoms. The standard InChI is InChI=1S/C20H22N4O2S/c1-13(10-18(25)26)15-4-8-24(9-5-15)12-14-2-3-17-16(11-14)23-19-20(27-17)22-7-6-21-19/h2-3,6-7,10-11,15H,4-5,8-9,12H2,1H3,(H,21,23)(H,25,26)/b13-10+. The van der Waals surface area contributed by atoms with Crippen LogP contribution in [0.2, 0.25) is 0 Å². The van der Waals surface area contributed by atoms with Gasteiger partial charge in [0.05, 0.1) is 5.69 Å². The van der Waals surface area contributed by atoms with Gasteiger partial charge >= 0.3 is 5.97 Å². The van der Waals surface area contributed by atoms with Crippen LogP contribution in [-0.4, -0.2) is 39.0 Å². The van der Waals surface area contributed by atoms with Crippen molar-refractivity contribution in [2.24, 2.45) is 5.92 Å². The van der Waals surface area contributed by atoms with Crippen LogP contribution in [0.3, 0.4) is 0 Å². The molecule has 0 aliphatic carbocycles. The van der Waals surface area contributed by atoms with E-state index < -0.39 is 5.97 Å². The van der Waals surface area contributed by atoms with Gasteiger partial charge in [-0.15, -0.1) is 0 Å². The molecule has 0 amide bonds. The van der Waals surface area contributed by atoms with E-state index in [4.69, 9.17) is 5.11 Å². The van der Waals surface area contributed by atoms with Crippen LogP contribution in [-0.2, 0) is 11.3 Å². The van der Waals surface area contributed by atoms with Gasteiger partial charge in [0.15, 0.2) is 5.82 Å². The van der Waals surface area contributed by atoms with Crippen LogP contribution >= 0.6 is 11.8 Å². The zero-order valence-corrected chi connectivity index (χ0v) is 16.0. The van der Waals surface area contributed by atoms with E-state index >= 15 is 0 Å². The van der Waals surface area contributed by atoms with Crippen molar-refractivity contribution >= 4 is 29.2 Å². The number of piperidine rings is 1. The number of nitrogens with one attached hydrogen (secondary N) is 1. The second-order valence-electron chi connectivity index (χ2n) is 7.04. The zero-order chi connectivity index (χ0) is 18.8. The molecule has 2 aliphatic rings. The smallest absolute Gasteiger partial charge is 0.328 e. The topological polar surface area (TPSA) is 78.4 Å². The molecule has 6 nitrogen and oxygen atoms in total. The van der Waals surface area contributed by atoms with E-state index in [1.54, 1.807) is 24.2 Å². The minimum atomic E-state index is -0.847. The molecule has 0 atom stereocenters. The van der Waals surface area contributed by atoms with Crippen LogP contribution in [0.1, 0.15) is 25.3 Å². The number of rotatable bonds is 4. The molecule has 27 heavy (non-hydrogen) atoms. The Morgan fingerprint density at radius 1 is 1.33 bits per heavy atom. The number of carboxylic acids is 1. The predicted molar refractivity (Wildman–Crippen MR) is 105 cm³/mol. The summed E-state index contributed by atoms with van der Waals surface area (Å²) in [4.78, 5) is 23.2. The molecule has 2 aromatic rings. The van der Waals surface area contributed by atoms with E-state index in [0.717, 1.165) is 54.6 Å². The SMILES string of the molecule is C/C(=C\C(=O)O)C1CCN(Cc2ccc3c(c2)Nc2nccnc2S3)CC1. The lowest BCUT2D eigenvalue weighted by atomic mass is 9.89. The number of nitrogens with zero attached hydrogens (tertiary/aromatic N) is 3. The van der Waals surface area contributed by atoms with Gasteiger partial charge in [0, 0.05) is 29.9 Å². The first-order valence-corrected chi connectivity index (χ1v) is 9.92. The van der Waals surface area contributed by atoms with Gasteiger partial charge in [-0.25, -0.2) is 14.8 Å². The summed E-state index contributed by atoms with van der Waals surface area (Å²) in [6.07, 6.45) is 6.79. The fraction of sp³-hybridized carbons (Fsp3) is 0.350. The average molecular weight is 382 g/mol. The third-order valence-electron chi connectivity index (χ3n) is 5.16. The Morgan fingerprint density at radius 3 is 2.89 bits per heavy atom. The quantitative estimate of drug-likeness (QED) is 0.662. The number of aliphatic carboxylic acids is 1. The van der Waals surface area contributed by atoms with Gasteiger partial charge in [-0.05, 0) is 56.5 Å². The Bertz CT molecular complexity index is 891. The monoisotopic (exact) mass is 382 g/mol. The van der Waals surface area contributed by atoms with Gasteiger partial charge in [-0.3, -0.25) is 4.90 Å². The van der Waals surface area contributed by atoms with Crippen LogP contribution in [0, 0.1) is 5.92 Å². The normalized spacial score (nSPS) is 17.7. The van der Waals surface area contributed by atoms with E-state index in [1.807, 2.05) is 6.92 Å². The Balaban J connectivity index is 1.39. The number of likely N-dealkylation sites (tertiary alicyclic amines) is 1. The van der Waals surface area contributed by atoms with Crippen LogP contribution in [0.5, 0.6) is 0 Å². The van der Waals surface area contributed by atoms with Crippen molar-refractivity contribution in [3.05, 3.63) is 47.8 Å². The van der Waals surface area contributed by atoms with Crippen LogP contribution < -0.4 is 5.32 Å². The van der Waals surface area contributed by atoms with Gasteiger partial charge in [-0.1, -0.05) is 23.4 Å². The highest BCUT2D eigenvalue weighted by atomic mass is 32.2. The number of hydrogen-bond acceptors (Lipinski definition) is 6. The molecule has 1 fully saturated rings. The fourth-order valence-corrected chi connectivity index (χ4v) is 4.58. The first kappa shape index (κ1) is 18.0. The van der Waals surface area contributed by atoms with E-state index in [1.165, 1.54) is 16.5 Å². The molecule has 2 N–H and O–H groups in total. The number of carbonyl (C=O) groups is 1. The highest BCUT2D eigenvalue weighted by Crippen LogP contribution is 2.42. The molecule has 3 heterocycles. The molecule has 4 rings (SSSR count). The molecule has 0 unspecified atom stereocenters. The molecule has 1 aromatic carbocycles. The number of hydrogen-bond donors (Lipinski definition) is 2. The second-order valence-corrected chi connectivity index (χ2v) is 8.08. The molecule has 2 aliphatic heterocycles. The maximum Gasteiger partial charge on any atom is 0.328 e. The first-order valence-electron chi connectivity index (χ1n) is 9.11. The van der Waals surface area contributed by atoms with Gasteiger partial charge in [0.1, 0.15) is 5.03 Å². The molecule has 1 aromatic heterocycles. The van der Waals surface area contributed by atoms with E-state index in [-0.39, 0.29) is 0 Å². The lowest BCUT2D eigenvalue weighted by Gasteiger charge is -2.32. The third kappa shape index (κ3) is 4.14. The van der Waals surface area contributed by atoms with E-state index in [2.05, 4.69) is 38.4 Å². The Kier molecular flexibility index (Phi) is 5.13. The summed E-state index contributed by atoms with van der Waals surface area (Å²) in [6.45, 7) is 4.81. The summed E-state index contributed by atoms with van der Waals surface area (Å²) < 4.78 is 0. The molecular formula is C20H22N4O2S. The summed E-state index contributed by atoms with van der Waals surface area (Å²) in [7, 11) is 0. The summed E-state index contributed by atoms with van der Waals surface area (Å²) in [5, 5.41) is 13.2. The minimum Gasteiger partial charge on any atom is -0.478 e. The van der Waals surface area contributed by atoms with Crippen molar-refractivity contribution in [3.63, 3.8) is 0 Å². The maximum atomic E-state index is 10.8. The molecule has 0 bridgehead atoms. The van der Waals surface area contributed by atoms with Crippen molar-refractivity contribution < 1.29 is 9.90 Å². The fourth-order valence-electron chi connectivity index (χ4n) is 3.70. The Hall–Kier alpha value is -2.38. The number of benzene rings is 1. The van der Waals surface area contributed by atoms with Gasteiger partial charge < -0.3 is 10.4 Å². The molecule has 0 radical (unpaired) electrons. The van der Waals surface area contributed by atoms with E-state index in [0.29, 0.717) is 5.92 Å². The molecule has 1 saturated heterocycles. The van der Waals surface area contributed by atoms with E-state index in [9.17, 15) is 4.79 Å². The number of aromatic nitrogens is 2. The molecule has 0 spiro atoms. The minimum absolute atomic E-state index is 0.383. The summed E-state index contributed by atoms with van der Waals surface area (Å²) >= 11 is 1.64. The van der Waals surface area contributed by atoms with Gasteiger partial charge in [-0.2, -0.15) is 0 Å². The van der Waals surface area contributed by atoms with Crippen LogP contribution in [0.4, 0.5) is 11.5 Å². The number of carboxylic acid groups (broad SMARTS) is 1. The predicted octanol–water partition coefficient (Wildman–Crippen LogP) is 3.93. The third-order valence-corrected chi connectivity index (χ3v) is 6.23. The largest absolute Gasteiger partial charge is 0.478 e. The number of allylic oxidation sites excluding steroid dienone is 1. The lowest BCUT2D eigenvalue weighted by molar-refractivity contribution is -0.131. The second kappa shape index (κ2) is 7.70. The summed E-state index contributed by atoms with van der Waals surface area (Å²) in [5.74, 6) is 0.350. The summed E-state index contributed by atoms with van der Waals surface area (Å²) in [5.41, 5.74) is 3.34. The highest BCUT2D eigenvalue weighted by molar-refractivity contribution is 7.99. The molecule has 140 valence electrons. The van der Waals surface area contributed by atoms with Crippen molar-refractivity contribution in [2.45, 2.75) is 36.2 Å². The van der Waals surface area contributed by atoms with Crippen LogP contribution in [0.15, 0.2) is 52.2 Å². The average Bonchev–Trinajstić information content (AvgIpc) is 2.66. The van der Waals surface area contributed by atoms with Crippen LogP contribution in [0.25, 0.3) is 0 Å². The molecular weight excluding hydrogens is 360 g/mol. The number of anilines is 2. The Labute approximate surface area is 162 Å². The highest BCUT2D eigenvalue weighted by Gasteiger charge is 2.22. The van der Waals surface area contributed by atoms with Crippen molar-refractivity contribution in [3.8, 4) is 0 Å². The maximum absolute atomic E-state index is 10.8. The lowest BCUT2D eigenvalue weighted by Crippen LogP contribution is -2.33. The van der Waals surface area contributed by atoms with Gasteiger partial charge in [0.25, 0.3) is 0 Å². The molecule has 0 saturated carbocycles. The summed E-state index contributed by atoms with van der Waals surface area (Å²) in [6, 6.07) is 6.52. The first-order chi connectivity index (χ1) is 13.1. The number of fused-ring (bicyclic) bond motifs is 2. The zero-order valence-electron chi connectivity index (χ0n) is 15.2. The van der Waals surface area contributed by atoms with Crippen molar-refractivity contribution in [1.29, 1.82) is 0 Å². The van der Waals surface area contributed by atoms with Crippen molar-refractivity contribution in [1.82, 2.24) is 14.9 Å². The van der Waals surface area contributed by atoms with Gasteiger partial charge in [0.2, 0.25) is 0 Å². The Morgan fingerprint density at radius 2 is 2.11 bits per heavy atom.